The molecule has 3 nitrogen and oxygen atoms in total. The molecule has 3 unspecified atom stereocenters. The molecule has 1 aromatic rings. The Bertz CT molecular complexity index is 320. The minimum Gasteiger partial charge on any atom is -0.381 e. The summed E-state index contributed by atoms with van der Waals surface area (Å²) in [4.78, 5) is 0. The van der Waals surface area contributed by atoms with E-state index in [9.17, 15) is 4.21 Å². The van der Waals surface area contributed by atoms with Gasteiger partial charge in [-0.1, -0.05) is 6.07 Å². The van der Waals surface area contributed by atoms with Crippen LogP contribution in [-0.2, 0) is 15.5 Å². The minimum absolute atomic E-state index is 0.00423. The van der Waals surface area contributed by atoms with Gasteiger partial charge in [0.2, 0.25) is 0 Å². The molecule has 0 bridgehead atoms. The van der Waals surface area contributed by atoms with Gasteiger partial charge >= 0.3 is 0 Å². The van der Waals surface area contributed by atoms with Gasteiger partial charge in [-0.3, -0.25) is 4.21 Å². The van der Waals surface area contributed by atoms with Crippen molar-refractivity contribution in [2.45, 2.75) is 16.7 Å². The molecule has 1 aliphatic rings. The lowest BCUT2D eigenvalue weighted by molar-refractivity contribution is 0.182. The van der Waals surface area contributed by atoms with Crippen LogP contribution in [0.25, 0.3) is 0 Å². The van der Waals surface area contributed by atoms with Gasteiger partial charge in [0.1, 0.15) is 0 Å². The van der Waals surface area contributed by atoms with Gasteiger partial charge in [0.25, 0.3) is 0 Å². The lowest BCUT2D eigenvalue weighted by atomic mass is 10.0. The van der Waals surface area contributed by atoms with Crippen LogP contribution >= 0.6 is 11.3 Å². The van der Waals surface area contributed by atoms with Crippen LogP contribution in [0, 0.1) is 5.92 Å². The van der Waals surface area contributed by atoms with Crippen molar-refractivity contribution in [1.29, 1.82) is 0 Å². The highest BCUT2D eigenvalue weighted by molar-refractivity contribution is 7.87. The Labute approximate surface area is 96.1 Å². The van der Waals surface area contributed by atoms with Crippen LogP contribution in [0.5, 0.6) is 0 Å². The first-order chi connectivity index (χ1) is 7.27. The lowest BCUT2D eigenvalue weighted by Gasteiger charge is -2.16. The van der Waals surface area contributed by atoms with Crippen LogP contribution in [0.2, 0.25) is 0 Å². The third kappa shape index (κ3) is 2.87. The molecule has 0 aliphatic carbocycles. The zero-order chi connectivity index (χ0) is 10.7. The fourth-order valence-corrected chi connectivity index (χ4v) is 3.94. The van der Waals surface area contributed by atoms with E-state index in [1.165, 1.54) is 11.3 Å². The van der Waals surface area contributed by atoms with Gasteiger partial charge in [-0.15, -0.1) is 11.3 Å². The van der Waals surface area contributed by atoms with E-state index < -0.39 is 10.8 Å². The van der Waals surface area contributed by atoms with Gasteiger partial charge in [-0.25, -0.2) is 0 Å². The number of ether oxygens (including phenoxy) is 1. The Morgan fingerprint density at radius 1 is 1.73 bits per heavy atom. The molecule has 84 valence electrons. The Kier molecular flexibility index (Phi) is 3.91. The maximum Gasteiger partial charge on any atom is 0.0911 e. The van der Waals surface area contributed by atoms with E-state index in [2.05, 4.69) is 0 Å². The predicted octanol–water partition coefficient (Wildman–Crippen LogP) is 1.22. The number of hydrogen-bond acceptors (Lipinski definition) is 4. The predicted molar refractivity (Wildman–Crippen MR) is 62.5 cm³/mol. The second kappa shape index (κ2) is 5.21. The largest absolute Gasteiger partial charge is 0.381 e. The normalized spacial score (nSPS) is 25.3. The van der Waals surface area contributed by atoms with Gasteiger partial charge < -0.3 is 10.5 Å². The number of hydrogen-bond donors (Lipinski definition) is 1. The summed E-state index contributed by atoms with van der Waals surface area (Å²) in [5, 5.41) is 1.94. The van der Waals surface area contributed by atoms with Crippen LogP contribution in [0.15, 0.2) is 21.7 Å². The summed E-state index contributed by atoms with van der Waals surface area (Å²) in [6.45, 7) is 1.52. The van der Waals surface area contributed by atoms with E-state index in [0.717, 1.165) is 23.8 Å². The highest BCUT2D eigenvalue weighted by Crippen LogP contribution is 2.19. The third-order valence-electron chi connectivity index (χ3n) is 2.63. The summed E-state index contributed by atoms with van der Waals surface area (Å²) < 4.78 is 18.1. The molecule has 0 amide bonds. The van der Waals surface area contributed by atoms with Gasteiger partial charge in [0.15, 0.2) is 0 Å². The highest BCUT2D eigenvalue weighted by Gasteiger charge is 2.24. The van der Waals surface area contributed by atoms with E-state index >= 15 is 0 Å². The Morgan fingerprint density at radius 2 is 2.60 bits per heavy atom. The Morgan fingerprint density at radius 3 is 3.20 bits per heavy atom. The van der Waals surface area contributed by atoms with Crippen LogP contribution in [0.1, 0.15) is 6.42 Å². The molecular formula is C10H15NO2S2. The summed E-state index contributed by atoms with van der Waals surface area (Å²) in [6.07, 6.45) is 1.00. The minimum atomic E-state index is -0.940. The van der Waals surface area contributed by atoms with E-state index in [4.69, 9.17) is 10.5 Å². The second-order valence-corrected chi connectivity index (χ2v) is 6.40. The quantitative estimate of drug-likeness (QED) is 0.868. The molecule has 5 heteroatoms. The molecule has 0 saturated carbocycles. The van der Waals surface area contributed by atoms with Crippen molar-refractivity contribution >= 4 is 22.1 Å². The highest BCUT2D eigenvalue weighted by atomic mass is 32.2. The molecule has 2 heterocycles. The summed E-state index contributed by atoms with van der Waals surface area (Å²) in [5.74, 6) is 0.933. The fraction of sp³-hybridized carbons (Fsp3) is 0.600. The lowest BCUT2D eigenvalue weighted by Crippen LogP contribution is -2.35. The number of rotatable bonds is 4. The summed E-state index contributed by atoms with van der Waals surface area (Å²) in [6, 6.07) is 3.82. The third-order valence-corrected chi connectivity index (χ3v) is 5.41. The van der Waals surface area contributed by atoms with Crippen LogP contribution < -0.4 is 5.73 Å². The SMILES string of the molecule is NC(CS(=O)c1cccs1)C1CCOC1. The molecular weight excluding hydrogens is 230 g/mol. The van der Waals surface area contributed by atoms with E-state index in [-0.39, 0.29) is 6.04 Å². The van der Waals surface area contributed by atoms with Crippen molar-refractivity contribution in [1.82, 2.24) is 0 Å². The van der Waals surface area contributed by atoms with Crippen molar-refractivity contribution in [2.75, 3.05) is 19.0 Å². The van der Waals surface area contributed by atoms with Crippen LogP contribution in [0.3, 0.4) is 0 Å². The molecule has 1 aliphatic heterocycles. The molecule has 0 spiro atoms. The molecule has 15 heavy (non-hydrogen) atoms. The van der Waals surface area contributed by atoms with Crippen LogP contribution in [-0.4, -0.2) is 29.2 Å². The van der Waals surface area contributed by atoms with Crippen molar-refractivity contribution in [3.8, 4) is 0 Å². The molecule has 1 saturated heterocycles. The Balaban J connectivity index is 1.88. The molecule has 0 aromatic carbocycles. The van der Waals surface area contributed by atoms with Crippen molar-refractivity contribution in [3.63, 3.8) is 0 Å². The van der Waals surface area contributed by atoms with Gasteiger partial charge in [-0.2, -0.15) is 0 Å². The molecule has 2 N–H and O–H groups in total. The van der Waals surface area contributed by atoms with Gasteiger partial charge in [0.05, 0.1) is 21.6 Å². The molecule has 1 fully saturated rings. The first-order valence-electron chi connectivity index (χ1n) is 5.02. The molecule has 3 atom stereocenters. The smallest absolute Gasteiger partial charge is 0.0911 e. The summed E-state index contributed by atoms with van der Waals surface area (Å²) in [7, 11) is -0.940. The van der Waals surface area contributed by atoms with Gasteiger partial charge in [-0.05, 0) is 17.9 Å². The van der Waals surface area contributed by atoms with E-state index in [1.807, 2.05) is 17.5 Å². The van der Waals surface area contributed by atoms with E-state index in [0.29, 0.717) is 11.7 Å². The zero-order valence-electron chi connectivity index (χ0n) is 8.43. The average Bonchev–Trinajstić information content (AvgIpc) is 2.91. The number of thiophene rings is 1. The average molecular weight is 245 g/mol. The zero-order valence-corrected chi connectivity index (χ0v) is 10.1. The van der Waals surface area contributed by atoms with Crippen molar-refractivity contribution < 1.29 is 8.95 Å². The van der Waals surface area contributed by atoms with Crippen molar-refractivity contribution in [3.05, 3.63) is 17.5 Å². The van der Waals surface area contributed by atoms with Crippen molar-refractivity contribution in [2.24, 2.45) is 11.7 Å². The Hall–Kier alpha value is -0.230. The fourth-order valence-electron chi connectivity index (χ4n) is 1.68. The standard InChI is InChI=1S/C10H15NO2S2/c11-9(8-3-4-13-6-8)7-15(12)10-2-1-5-14-10/h1-2,5,8-9H,3-4,6-7,11H2. The molecule has 1 aromatic heterocycles. The van der Waals surface area contributed by atoms with E-state index in [1.54, 1.807) is 0 Å². The first-order valence-corrected chi connectivity index (χ1v) is 7.22. The molecule has 0 radical (unpaired) electrons. The monoisotopic (exact) mass is 245 g/mol. The molecule has 2 rings (SSSR count). The summed E-state index contributed by atoms with van der Waals surface area (Å²) in [5.41, 5.74) is 6.02. The topological polar surface area (TPSA) is 52.3 Å². The maximum atomic E-state index is 11.9. The number of nitrogens with two attached hydrogens (primary N) is 1. The summed E-state index contributed by atoms with van der Waals surface area (Å²) >= 11 is 1.53. The van der Waals surface area contributed by atoms with Gasteiger partial charge in [0, 0.05) is 24.3 Å². The maximum absolute atomic E-state index is 11.9. The van der Waals surface area contributed by atoms with Crippen LogP contribution in [0.4, 0.5) is 0 Å². The first kappa shape index (κ1) is 11.3. The second-order valence-electron chi connectivity index (χ2n) is 3.73.